The lowest BCUT2D eigenvalue weighted by Gasteiger charge is -2.31. The molecule has 0 radical (unpaired) electrons. The van der Waals surface area contributed by atoms with E-state index in [1.54, 1.807) is 7.11 Å². The van der Waals surface area contributed by atoms with Crippen LogP contribution in [0, 0.1) is 12.8 Å². The number of rotatable bonds is 6. The van der Waals surface area contributed by atoms with Gasteiger partial charge in [-0.3, -0.25) is 0 Å². The molecule has 116 valence electrons. The summed E-state index contributed by atoms with van der Waals surface area (Å²) in [5.41, 5.74) is 2.72. The summed E-state index contributed by atoms with van der Waals surface area (Å²) in [6.45, 7) is 5.47. The summed E-state index contributed by atoms with van der Waals surface area (Å²) in [5.74, 6) is 1.55. The second-order valence-electron chi connectivity index (χ2n) is 6.43. The lowest BCUT2D eigenvalue weighted by atomic mass is 9.80. The quantitative estimate of drug-likeness (QED) is 0.868. The van der Waals surface area contributed by atoms with Crippen LogP contribution in [0.4, 0.5) is 0 Å². The zero-order valence-corrected chi connectivity index (χ0v) is 13.4. The van der Waals surface area contributed by atoms with Crippen LogP contribution in [-0.2, 0) is 4.74 Å². The van der Waals surface area contributed by atoms with E-state index in [1.807, 2.05) is 0 Å². The molecule has 3 nitrogen and oxygen atoms in total. The zero-order chi connectivity index (χ0) is 14.8. The molecule has 3 heteroatoms. The van der Waals surface area contributed by atoms with Crippen molar-refractivity contribution in [2.24, 2.45) is 5.92 Å². The molecular weight excluding hydrogens is 262 g/mol. The van der Waals surface area contributed by atoms with Gasteiger partial charge in [0.2, 0.25) is 0 Å². The molecule has 1 aromatic carbocycles. The van der Waals surface area contributed by atoms with Crippen LogP contribution in [0.1, 0.15) is 49.8 Å². The minimum absolute atomic E-state index is 0.408. The molecule has 0 amide bonds. The highest BCUT2D eigenvalue weighted by Gasteiger charge is 2.44. The molecule has 2 fully saturated rings. The Morgan fingerprint density at radius 2 is 2.24 bits per heavy atom. The molecule has 0 spiro atoms. The highest BCUT2D eigenvalue weighted by molar-refractivity contribution is 5.37. The van der Waals surface area contributed by atoms with Crippen molar-refractivity contribution in [1.82, 2.24) is 5.32 Å². The molecule has 4 unspecified atom stereocenters. The van der Waals surface area contributed by atoms with Gasteiger partial charge >= 0.3 is 0 Å². The highest BCUT2D eigenvalue weighted by Crippen LogP contribution is 2.45. The molecule has 1 aromatic rings. The Kier molecular flexibility index (Phi) is 4.51. The third kappa shape index (κ3) is 2.95. The minimum atomic E-state index is 0.408. The molecule has 2 saturated heterocycles. The highest BCUT2D eigenvalue weighted by atomic mass is 16.5. The van der Waals surface area contributed by atoms with Crippen LogP contribution >= 0.6 is 0 Å². The van der Waals surface area contributed by atoms with Gasteiger partial charge < -0.3 is 14.8 Å². The predicted octanol–water partition coefficient (Wildman–Crippen LogP) is 3.61. The molecule has 0 aliphatic carbocycles. The number of fused-ring (bicyclic) bond motifs is 2. The summed E-state index contributed by atoms with van der Waals surface area (Å²) in [7, 11) is 1.73. The van der Waals surface area contributed by atoms with Gasteiger partial charge in [0.25, 0.3) is 0 Å². The Morgan fingerprint density at radius 1 is 1.38 bits per heavy atom. The van der Waals surface area contributed by atoms with E-state index in [0.29, 0.717) is 24.2 Å². The molecule has 1 N–H and O–H groups in total. The van der Waals surface area contributed by atoms with Crippen LogP contribution in [0.15, 0.2) is 18.2 Å². The van der Waals surface area contributed by atoms with Crippen molar-refractivity contribution in [2.45, 2.75) is 57.8 Å². The van der Waals surface area contributed by atoms with Crippen molar-refractivity contribution in [2.75, 3.05) is 13.7 Å². The van der Waals surface area contributed by atoms with Gasteiger partial charge in [0.15, 0.2) is 0 Å². The van der Waals surface area contributed by atoms with E-state index in [-0.39, 0.29) is 0 Å². The zero-order valence-electron chi connectivity index (χ0n) is 13.4. The maximum atomic E-state index is 6.09. The Labute approximate surface area is 128 Å². The fourth-order valence-corrected chi connectivity index (χ4v) is 3.94. The Bertz CT molecular complexity index is 488. The fourth-order valence-electron chi connectivity index (χ4n) is 3.94. The third-order valence-corrected chi connectivity index (χ3v) is 5.01. The second kappa shape index (κ2) is 6.37. The first kappa shape index (κ1) is 14.9. The Hall–Kier alpha value is -1.06. The number of methoxy groups -OCH3 is 1. The SMILES string of the molecule is CCCNC(c1ccc(OC)cc1C)C1CC2CCC1O2. The van der Waals surface area contributed by atoms with E-state index in [2.05, 4.69) is 37.4 Å². The maximum absolute atomic E-state index is 6.09. The molecule has 0 saturated carbocycles. The Morgan fingerprint density at radius 3 is 2.81 bits per heavy atom. The van der Waals surface area contributed by atoms with Crippen LogP contribution in [-0.4, -0.2) is 25.9 Å². The van der Waals surface area contributed by atoms with Gasteiger partial charge in [-0.1, -0.05) is 13.0 Å². The van der Waals surface area contributed by atoms with Gasteiger partial charge in [-0.15, -0.1) is 0 Å². The van der Waals surface area contributed by atoms with Crippen molar-refractivity contribution in [3.63, 3.8) is 0 Å². The van der Waals surface area contributed by atoms with Crippen LogP contribution in [0.2, 0.25) is 0 Å². The molecule has 3 rings (SSSR count). The van der Waals surface area contributed by atoms with E-state index in [9.17, 15) is 0 Å². The number of aryl methyl sites for hydroxylation is 1. The summed E-state index contributed by atoms with van der Waals surface area (Å²) in [6, 6.07) is 6.86. The van der Waals surface area contributed by atoms with Gasteiger partial charge in [-0.05, 0) is 62.4 Å². The van der Waals surface area contributed by atoms with Gasteiger partial charge in [-0.25, -0.2) is 0 Å². The normalized spacial score (nSPS) is 28.8. The standard InChI is InChI=1S/C18H27NO2/c1-4-9-19-18(16-11-14-6-8-17(16)21-14)15-7-5-13(20-3)10-12(15)2/h5,7,10,14,16-19H,4,6,8-9,11H2,1-3H3. The number of nitrogens with one attached hydrogen (secondary N) is 1. The summed E-state index contributed by atoms with van der Waals surface area (Å²) in [4.78, 5) is 0. The number of hydrogen-bond donors (Lipinski definition) is 1. The fraction of sp³-hybridized carbons (Fsp3) is 0.667. The molecular formula is C18H27NO2. The second-order valence-corrected chi connectivity index (χ2v) is 6.43. The minimum Gasteiger partial charge on any atom is -0.497 e. The molecule has 4 atom stereocenters. The van der Waals surface area contributed by atoms with Crippen molar-refractivity contribution >= 4 is 0 Å². The molecule has 2 bridgehead atoms. The molecule has 2 aliphatic heterocycles. The van der Waals surface area contributed by atoms with E-state index in [0.717, 1.165) is 18.7 Å². The Balaban J connectivity index is 1.85. The van der Waals surface area contributed by atoms with E-state index in [4.69, 9.17) is 9.47 Å². The van der Waals surface area contributed by atoms with E-state index in [1.165, 1.54) is 30.4 Å². The topological polar surface area (TPSA) is 30.5 Å². The number of benzene rings is 1. The summed E-state index contributed by atoms with van der Waals surface area (Å²) >= 11 is 0. The van der Waals surface area contributed by atoms with Gasteiger partial charge in [-0.2, -0.15) is 0 Å². The smallest absolute Gasteiger partial charge is 0.119 e. The van der Waals surface area contributed by atoms with Crippen molar-refractivity contribution in [1.29, 1.82) is 0 Å². The average Bonchev–Trinajstić information content (AvgIpc) is 3.11. The largest absolute Gasteiger partial charge is 0.497 e. The van der Waals surface area contributed by atoms with Gasteiger partial charge in [0, 0.05) is 12.0 Å². The van der Waals surface area contributed by atoms with Crippen molar-refractivity contribution in [3.05, 3.63) is 29.3 Å². The van der Waals surface area contributed by atoms with Crippen LogP contribution in [0.25, 0.3) is 0 Å². The van der Waals surface area contributed by atoms with Gasteiger partial charge in [0.05, 0.1) is 19.3 Å². The number of hydrogen-bond acceptors (Lipinski definition) is 3. The van der Waals surface area contributed by atoms with E-state index >= 15 is 0 Å². The van der Waals surface area contributed by atoms with Crippen LogP contribution in [0.3, 0.4) is 0 Å². The monoisotopic (exact) mass is 289 g/mol. The predicted molar refractivity (Wildman–Crippen MR) is 84.8 cm³/mol. The lowest BCUT2D eigenvalue weighted by Crippen LogP contribution is -2.34. The van der Waals surface area contributed by atoms with Crippen LogP contribution in [0.5, 0.6) is 5.75 Å². The lowest BCUT2D eigenvalue weighted by molar-refractivity contribution is 0.0856. The molecule has 2 aliphatic rings. The first-order chi connectivity index (χ1) is 10.2. The average molecular weight is 289 g/mol. The molecule has 0 aromatic heterocycles. The molecule has 2 heterocycles. The summed E-state index contributed by atoms with van der Waals surface area (Å²) in [6.07, 6.45) is 5.80. The van der Waals surface area contributed by atoms with E-state index < -0.39 is 0 Å². The molecule has 21 heavy (non-hydrogen) atoms. The number of ether oxygens (including phenoxy) is 2. The van der Waals surface area contributed by atoms with Crippen molar-refractivity contribution in [3.8, 4) is 5.75 Å². The van der Waals surface area contributed by atoms with Gasteiger partial charge in [0.1, 0.15) is 5.75 Å². The first-order valence-electron chi connectivity index (χ1n) is 8.26. The third-order valence-electron chi connectivity index (χ3n) is 5.01. The van der Waals surface area contributed by atoms with Crippen molar-refractivity contribution < 1.29 is 9.47 Å². The summed E-state index contributed by atoms with van der Waals surface area (Å²) in [5, 5.41) is 3.77. The van der Waals surface area contributed by atoms with Crippen LogP contribution < -0.4 is 10.1 Å². The summed E-state index contributed by atoms with van der Waals surface area (Å²) < 4.78 is 11.4. The maximum Gasteiger partial charge on any atom is 0.119 e. The first-order valence-corrected chi connectivity index (χ1v) is 8.26.